The van der Waals surface area contributed by atoms with Crippen LogP contribution in [0.25, 0.3) is 66.1 Å². The standard InChI is InChI=1S/C49H35NO/c1-49(2)43-23-13-11-22-39(43)40-27-25-36(31-44(40)49)50(45-24-14-12-20-37(45)32-15-5-3-6-16-32)35-26-28-46-41(30-35)42-29-34-19-9-10-21-38(34)47(48(42)51-46)33-17-7-4-8-18-33/h3-31H,1-2H3. The van der Waals surface area contributed by atoms with Crippen LogP contribution in [-0.4, -0.2) is 0 Å². The summed E-state index contributed by atoms with van der Waals surface area (Å²) in [4.78, 5) is 2.43. The van der Waals surface area contributed by atoms with Gasteiger partial charge in [0.15, 0.2) is 0 Å². The van der Waals surface area contributed by atoms with E-state index in [0.29, 0.717) is 0 Å². The van der Waals surface area contributed by atoms with E-state index in [9.17, 15) is 0 Å². The predicted molar refractivity (Wildman–Crippen MR) is 214 cm³/mol. The molecule has 0 saturated heterocycles. The summed E-state index contributed by atoms with van der Waals surface area (Å²) in [5.74, 6) is 0. The lowest BCUT2D eigenvalue weighted by Gasteiger charge is -2.30. The molecule has 9 aromatic rings. The quantitative estimate of drug-likeness (QED) is 0.184. The number of benzene rings is 8. The number of hydrogen-bond donors (Lipinski definition) is 0. The van der Waals surface area contributed by atoms with Gasteiger partial charge in [0.1, 0.15) is 11.2 Å². The maximum Gasteiger partial charge on any atom is 0.143 e. The van der Waals surface area contributed by atoms with E-state index >= 15 is 0 Å². The van der Waals surface area contributed by atoms with Gasteiger partial charge in [0.2, 0.25) is 0 Å². The molecule has 2 heteroatoms. The van der Waals surface area contributed by atoms with Gasteiger partial charge in [-0.25, -0.2) is 0 Å². The molecular weight excluding hydrogens is 619 g/mol. The summed E-state index contributed by atoms with van der Waals surface area (Å²) in [7, 11) is 0. The molecule has 242 valence electrons. The van der Waals surface area contributed by atoms with Crippen molar-refractivity contribution >= 4 is 49.8 Å². The summed E-state index contributed by atoms with van der Waals surface area (Å²) in [5.41, 5.74) is 15.0. The second-order valence-corrected chi connectivity index (χ2v) is 14.1. The number of fused-ring (bicyclic) bond motifs is 7. The van der Waals surface area contributed by atoms with E-state index in [2.05, 4.69) is 195 Å². The Kier molecular flexibility index (Phi) is 6.56. The molecule has 0 amide bonds. The van der Waals surface area contributed by atoms with Crippen LogP contribution < -0.4 is 4.90 Å². The highest BCUT2D eigenvalue weighted by Crippen LogP contribution is 2.52. The molecule has 1 aromatic heterocycles. The van der Waals surface area contributed by atoms with E-state index in [1.54, 1.807) is 0 Å². The van der Waals surface area contributed by atoms with Crippen molar-refractivity contribution in [2.45, 2.75) is 19.3 Å². The smallest absolute Gasteiger partial charge is 0.143 e. The van der Waals surface area contributed by atoms with Gasteiger partial charge in [0.05, 0.1) is 5.69 Å². The normalized spacial score (nSPS) is 13.1. The van der Waals surface area contributed by atoms with Crippen molar-refractivity contribution in [3.63, 3.8) is 0 Å². The topological polar surface area (TPSA) is 16.4 Å². The summed E-state index contributed by atoms with van der Waals surface area (Å²) < 4.78 is 6.79. The Hall–Kier alpha value is -6.38. The van der Waals surface area contributed by atoms with Crippen molar-refractivity contribution in [1.29, 1.82) is 0 Å². The first-order valence-corrected chi connectivity index (χ1v) is 17.7. The molecule has 0 radical (unpaired) electrons. The first-order chi connectivity index (χ1) is 25.1. The summed E-state index contributed by atoms with van der Waals surface area (Å²) in [6, 6.07) is 63.6. The second-order valence-electron chi connectivity index (χ2n) is 14.1. The van der Waals surface area contributed by atoms with Gasteiger partial charge in [0, 0.05) is 38.7 Å². The van der Waals surface area contributed by atoms with Crippen molar-refractivity contribution in [1.82, 2.24) is 0 Å². The molecule has 0 unspecified atom stereocenters. The van der Waals surface area contributed by atoms with E-state index in [-0.39, 0.29) is 5.41 Å². The molecule has 1 heterocycles. The number of nitrogens with zero attached hydrogens (tertiary/aromatic N) is 1. The molecule has 0 N–H and O–H groups in total. The first kappa shape index (κ1) is 29.5. The zero-order chi connectivity index (χ0) is 34.1. The number of hydrogen-bond acceptors (Lipinski definition) is 2. The summed E-state index contributed by atoms with van der Waals surface area (Å²) in [6.07, 6.45) is 0. The lowest BCUT2D eigenvalue weighted by Crippen LogP contribution is -2.16. The van der Waals surface area contributed by atoms with Crippen LogP contribution in [0.4, 0.5) is 17.1 Å². The highest BCUT2D eigenvalue weighted by Gasteiger charge is 2.36. The maximum atomic E-state index is 6.79. The van der Waals surface area contributed by atoms with Gasteiger partial charge in [-0.1, -0.05) is 147 Å². The molecule has 1 aliphatic carbocycles. The molecular formula is C49H35NO. The summed E-state index contributed by atoms with van der Waals surface area (Å²) >= 11 is 0. The Balaban J connectivity index is 1.24. The largest absolute Gasteiger partial charge is 0.455 e. The summed E-state index contributed by atoms with van der Waals surface area (Å²) in [6.45, 7) is 4.70. The van der Waals surface area contributed by atoms with Crippen LogP contribution in [0.5, 0.6) is 0 Å². The summed E-state index contributed by atoms with van der Waals surface area (Å²) in [5, 5.41) is 4.60. The minimum absolute atomic E-state index is 0.119. The van der Waals surface area contributed by atoms with E-state index in [0.717, 1.165) is 50.1 Å². The predicted octanol–water partition coefficient (Wildman–Crippen LogP) is 13.8. The molecule has 0 bridgehead atoms. The molecule has 0 fully saturated rings. The van der Waals surface area contributed by atoms with Crippen LogP contribution in [0.15, 0.2) is 180 Å². The Morgan fingerprint density at radius 3 is 1.90 bits per heavy atom. The number of rotatable bonds is 5. The molecule has 8 aromatic carbocycles. The zero-order valence-corrected chi connectivity index (χ0v) is 28.6. The highest BCUT2D eigenvalue weighted by atomic mass is 16.3. The fourth-order valence-electron chi connectivity index (χ4n) is 8.38. The van der Waals surface area contributed by atoms with Gasteiger partial charge in [-0.15, -0.1) is 0 Å². The van der Waals surface area contributed by atoms with Gasteiger partial charge in [-0.3, -0.25) is 0 Å². The molecule has 0 spiro atoms. The first-order valence-electron chi connectivity index (χ1n) is 17.7. The van der Waals surface area contributed by atoms with Gasteiger partial charge >= 0.3 is 0 Å². The Morgan fingerprint density at radius 1 is 0.451 bits per heavy atom. The van der Waals surface area contributed by atoms with E-state index in [1.807, 2.05) is 0 Å². The zero-order valence-electron chi connectivity index (χ0n) is 28.6. The molecule has 1 aliphatic rings. The van der Waals surface area contributed by atoms with Crippen LogP contribution in [0.2, 0.25) is 0 Å². The lowest BCUT2D eigenvalue weighted by atomic mass is 9.82. The van der Waals surface area contributed by atoms with Crippen LogP contribution in [0.1, 0.15) is 25.0 Å². The molecule has 51 heavy (non-hydrogen) atoms. The average molecular weight is 654 g/mol. The third kappa shape index (κ3) is 4.57. The molecule has 10 rings (SSSR count). The molecule has 0 saturated carbocycles. The van der Waals surface area contributed by atoms with E-state index in [1.165, 1.54) is 44.2 Å². The van der Waals surface area contributed by atoms with Crippen molar-refractivity contribution in [3.8, 4) is 33.4 Å². The fourth-order valence-corrected chi connectivity index (χ4v) is 8.38. The van der Waals surface area contributed by atoms with E-state index < -0.39 is 0 Å². The lowest BCUT2D eigenvalue weighted by molar-refractivity contribution is 0.660. The minimum Gasteiger partial charge on any atom is -0.455 e. The Labute approximate surface area is 297 Å². The van der Waals surface area contributed by atoms with Crippen molar-refractivity contribution in [2.24, 2.45) is 0 Å². The molecule has 2 nitrogen and oxygen atoms in total. The van der Waals surface area contributed by atoms with Gasteiger partial charge < -0.3 is 9.32 Å². The third-order valence-electron chi connectivity index (χ3n) is 10.8. The van der Waals surface area contributed by atoms with Gasteiger partial charge in [0.25, 0.3) is 0 Å². The number of furan rings is 1. The second kappa shape index (κ2) is 11.3. The van der Waals surface area contributed by atoms with Crippen molar-refractivity contribution in [3.05, 3.63) is 187 Å². The minimum atomic E-state index is -0.119. The van der Waals surface area contributed by atoms with Crippen LogP contribution in [-0.2, 0) is 5.41 Å². The van der Waals surface area contributed by atoms with Crippen LogP contribution >= 0.6 is 0 Å². The Bertz CT molecular complexity index is 2770. The van der Waals surface area contributed by atoms with Crippen LogP contribution in [0.3, 0.4) is 0 Å². The van der Waals surface area contributed by atoms with Crippen molar-refractivity contribution < 1.29 is 4.42 Å². The van der Waals surface area contributed by atoms with Gasteiger partial charge in [-0.05, 0) is 86.6 Å². The molecule has 0 atom stereocenters. The number of para-hydroxylation sites is 1. The fraction of sp³-hybridized carbons (Fsp3) is 0.0612. The third-order valence-corrected chi connectivity index (χ3v) is 10.8. The maximum absolute atomic E-state index is 6.79. The highest BCUT2D eigenvalue weighted by molar-refractivity contribution is 6.18. The Morgan fingerprint density at radius 2 is 1.08 bits per heavy atom. The van der Waals surface area contributed by atoms with Crippen LogP contribution in [0, 0.1) is 0 Å². The SMILES string of the molecule is CC1(C)c2ccccc2-c2ccc(N(c3ccc4oc5c(-c6ccccc6)c6ccccc6cc5c4c3)c3ccccc3-c3ccccc3)cc21. The van der Waals surface area contributed by atoms with Crippen molar-refractivity contribution in [2.75, 3.05) is 4.90 Å². The van der Waals surface area contributed by atoms with Gasteiger partial charge in [-0.2, -0.15) is 0 Å². The number of anilines is 3. The van der Waals surface area contributed by atoms with E-state index in [4.69, 9.17) is 4.42 Å². The average Bonchev–Trinajstić information content (AvgIpc) is 3.65. The monoisotopic (exact) mass is 653 g/mol. The molecule has 0 aliphatic heterocycles.